The molecule has 6 rings (SSSR count). The highest BCUT2D eigenvalue weighted by molar-refractivity contribution is 8.00. The number of unbranched alkanes of at least 4 members (excludes halogenated alkanes) is 2. The number of aliphatic hydroxyl groups is 1. The topological polar surface area (TPSA) is 102 Å². The van der Waals surface area contributed by atoms with Gasteiger partial charge >= 0.3 is 5.91 Å². The van der Waals surface area contributed by atoms with Crippen molar-refractivity contribution in [1.29, 1.82) is 0 Å². The Balaban J connectivity index is 1.37. The molecule has 1 fully saturated rings. The summed E-state index contributed by atoms with van der Waals surface area (Å²) in [5.41, 5.74) is 2.14. The number of aromatic nitrogens is 2. The molecule has 0 spiro atoms. The zero-order valence-corrected chi connectivity index (χ0v) is 27.9. The molecule has 240 valence electrons. The molecule has 0 bridgehead atoms. The molecule has 1 aliphatic rings. The summed E-state index contributed by atoms with van der Waals surface area (Å²) in [6, 6.07) is 27.6. The molecule has 5 aromatic rings. The molecule has 1 atom stereocenters. The monoisotopic (exact) mass is 665 g/mol. The molecule has 1 unspecified atom stereocenters. The fourth-order valence-corrected chi connectivity index (χ4v) is 7.50. The molecule has 4 aromatic carbocycles. The van der Waals surface area contributed by atoms with Crippen LogP contribution in [0.25, 0.3) is 16.5 Å². The first-order chi connectivity index (χ1) is 23.0. The number of thioether (sulfide) groups is 1. The van der Waals surface area contributed by atoms with E-state index in [1.54, 1.807) is 42.5 Å². The SMILES string of the molecule is CCCCCOc1ccc(C2C(=C(O)c3ccccc3)C(=O)C(=O)N2c2nnc(SCc3cccc4ccccc34)s2)cc1OCC. The predicted molar refractivity (Wildman–Crippen MR) is 187 cm³/mol. The largest absolute Gasteiger partial charge is 0.507 e. The fraction of sp³-hybridized carbons (Fsp3) is 0.243. The van der Waals surface area contributed by atoms with Gasteiger partial charge in [-0.25, -0.2) is 0 Å². The van der Waals surface area contributed by atoms with Gasteiger partial charge < -0.3 is 14.6 Å². The maximum Gasteiger partial charge on any atom is 0.301 e. The average Bonchev–Trinajstić information content (AvgIpc) is 3.67. The third-order valence-electron chi connectivity index (χ3n) is 7.91. The first-order valence-corrected chi connectivity index (χ1v) is 17.5. The second-order valence-electron chi connectivity index (χ2n) is 11.0. The summed E-state index contributed by atoms with van der Waals surface area (Å²) >= 11 is 2.75. The molecule has 0 radical (unpaired) electrons. The lowest BCUT2D eigenvalue weighted by Crippen LogP contribution is -2.29. The van der Waals surface area contributed by atoms with E-state index in [1.165, 1.54) is 33.4 Å². The summed E-state index contributed by atoms with van der Waals surface area (Å²) in [5, 5.41) is 22.8. The van der Waals surface area contributed by atoms with E-state index in [4.69, 9.17) is 9.47 Å². The number of nitrogens with zero attached hydrogens (tertiary/aromatic N) is 3. The Morgan fingerprint density at radius 2 is 1.68 bits per heavy atom. The molecule has 1 N–H and O–H groups in total. The number of fused-ring (bicyclic) bond motifs is 1. The highest BCUT2D eigenvalue weighted by Gasteiger charge is 2.48. The second-order valence-corrected chi connectivity index (χ2v) is 13.2. The quantitative estimate of drug-likeness (QED) is 0.0333. The van der Waals surface area contributed by atoms with Crippen molar-refractivity contribution in [3.8, 4) is 11.5 Å². The van der Waals surface area contributed by atoms with E-state index in [9.17, 15) is 14.7 Å². The van der Waals surface area contributed by atoms with Crippen molar-refractivity contribution in [3.05, 3.63) is 113 Å². The van der Waals surface area contributed by atoms with E-state index in [0.717, 1.165) is 30.2 Å². The van der Waals surface area contributed by atoms with Gasteiger partial charge in [0.25, 0.3) is 5.78 Å². The van der Waals surface area contributed by atoms with E-state index >= 15 is 0 Å². The molecule has 47 heavy (non-hydrogen) atoms. The Morgan fingerprint density at radius 3 is 2.49 bits per heavy atom. The van der Waals surface area contributed by atoms with Crippen LogP contribution in [-0.4, -0.2) is 40.2 Å². The Bertz CT molecular complexity index is 1920. The number of ketones is 1. The number of hydrogen-bond donors (Lipinski definition) is 1. The summed E-state index contributed by atoms with van der Waals surface area (Å²) in [6.07, 6.45) is 3.05. The second kappa shape index (κ2) is 14.8. The van der Waals surface area contributed by atoms with Gasteiger partial charge in [0, 0.05) is 11.3 Å². The summed E-state index contributed by atoms with van der Waals surface area (Å²) in [5.74, 6) is -0.111. The van der Waals surface area contributed by atoms with Gasteiger partial charge in [-0.15, -0.1) is 10.2 Å². The maximum absolute atomic E-state index is 13.8. The standard InChI is InChI=1S/C37H35N3O5S2/c1-3-5-11-21-45-29-20-19-26(22-30(29)44-4-2)32-31(33(41)25-14-7-6-8-15-25)34(42)35(43)40(32)36-38-39-37(47-36)46-23-27-17-12-16-24-13-9-10-18-28(24)27/h6-10,12-20,22,32,41H,3-5,11,21,23H2,1-2H3. The average molecular weight is 666 g/mol. The van der Waals surface area contributed by atoms with Crippen LogP contribution in [0.5, 0.6) is 11.5 Å². The van der Waals surface area contributed by atoms with Crippen LogP contribution in [0, 0.1) is 0 Å². The van der Waals surface area contributed by atoms with E-state index < -0.39 is 17.7 Å². The minimum Gasteiger partial charge on any atom is -0.507 e. The van der Waals surface area contributed by atoms with Crippen LogP contribution in [0.2, 0.25) is 0 Å². The third kappa shape index (κ3) is 6.89. The van der Waals surface area contributed by atoms with Crippen LogP contribution in [0.3, 0.4) is 0 Å². The first kappa shape index (κ1) is 32.3. The maximum atomic E-state index is 13.8. The van der Waals surface area contributed by atoms with Crippen molar-refractivity contribution in [2.45, 2.75) is 49.2 Å². The number of carbonyl (C=O) groups excluding carboxylic acids is 2. The summed E-state index contributed by atoms with van der Waals surface area (Å²) in [4.78, 5) is 28.8. The number of rotatable bonds is 13. The molecule has 1 aliphatic heterocycles. The Labute approximate surface area is 282 Å². The lowest BCUT2D eigenvalue weighted by Gasteiger charge is -2.23. The number of aliphatic hydroxyl groups excluding tert-OH is 1. The normalized spacial score (nSPS) is 15.8. The lowest BCUT2D eigenvalue weighted by molar-refractivity contribution is -0.132. The zero-order chi connectivity index (χ0) is 32.8. The Morgan fingerprint density at radius 1 is 0.894 bits per heavy atom. The fourth-order valence-electron chi connectivity index (χ4n) is 5.63. The molecular formula is C37H35N3O5S2. The van der Waals surface area contributed by atoms with Gasteiger partial charge in [-0.2, -0.15) is 0 Å². The third-order valence-corrected chi connectivity index (χ3v) is 10.0. The van der Waals surface area contributed by atoms with Gasteiger partial charge in [-0.3, -0.25) is 14.5 Å². The van der Waals surface area contributed by atoms with Crippen LogP contribution in [0.15, 0.2) is 101 Å². The predicted octanol–water partition coefficient (Wildman–Crippen LogP) is 8.58. The molecule has 1 saturated heterocycles. The number of ether oxygens (including phenoxy) is 2. The summed E-state index contributed by atoms with van der Waals surface area (Å²) in [7, 11) is 0. The number of hydrogen-bond acceptors (Lipinski definition) is 9. The summed E-state index contributed by atoms with van der Waals surface area (Å²) in [6.45, 7) is 4.96. The Kier molecular flexibility index (Phi) is 10.2. The van der Waals surface area contributed by atoms with Crippen molar-refractivity contribution in [3.63, 3.8) is 0 Å². The number of amides is 1. The minimum atomic E-state index is -0.965. The van der Waals surface area contributed by atoms with Crippen LogP contribution < -0.4 is 14.4 Å². The number of Topliss-reactive ketones (excluding diaryl/α,β-unsaturated/α-hetero) is 1. The molecule has 8 nitrogen and oxygen atoms in total. The van der Waals surface area contributed by atoms with E-state index in [1.807, 2.05) is 31.2 Å². The number of anilines is 1. The highest BCUT2D eigenvalue weighted by Crippen LogP contribution is 2.46. The molecule has 0 saturated carbocycles. The van der Waals surface area contributed by atoms with Crippen LogP contribution in [0.1, 0.15) is 55.8 Å². The van der Waals surface area contributed by atoms with Crippen LogP contribution >= 0.6 is 23.1 Å². The van der Waals surface area contributed by atoms with Crippen molar-refractivity contribution in [1.82, 2.24) is 10.2 Å². The van der Waals surface area contributed by atoms with E-state index in [2.05, 4.69) is 41.4 Å². The smallest absolute Gasteiger partial charge is 0.301 e. The van der Waals surface area contributed by atoms with Crippen LogP contribution in [0.4, 0.5) is 5.13 Å². The van der Waals surface area contributed by atoms with Crippen molar-refractivity contribution >= 4 is 56.5 Å². The molecular weight excluding hydrogens is 631 g/mol. The van der Waals surface area contributed by atoms with Gasteiger partial charge in [0.05, 0.1) is 24.8 Å². The lowest BCUT2D eigenvalue weighted by atomic mass is 9.95. The van der Waals surface area contributed by atoms with Gasteiger partial charge in [0.1, 0.15) is 5.76 Å². The highest BCUT2D eigenvalue weighted by atomic mass is 32.2. The van der Waals surface area contributed by atoms with E-state index in [0.29, 0.717) is 45.9 Å². The summed E-state index contributed by atoms with van der Waals surface area (Å²) < 4.78 is 12.7. The number of benzene rings is 4. The molecule has 0 aliphatic carbocycles. The minimum absolute atomic E-state index is 0.0274. The molecule has 1 aromatic heterocycles. The molecule has 1 amide bonds. The Hall–Kier alpha value is -4.67. The van der Waals surface area contributed by atoms with E-state index in [-0.39, 0.29) is 16.5 Å². The molecule has 2 heterocycles. The van der Waals surface area contributed by atoms with Gasteiger partial charge in [-0.1, -0.05) is 122 Å². The van der Waals surface area contributed by atoms with Gasteiger partial charge in [-0.05, 0) is 47.4 Å². The van der Waals surface area contributed by atoms with Crippen molar-refractivity contribution in [2.24, 2.45) is 0 Å². The molecule has 10 heteroatoms. The number of carbonyl (C=O) groups is 2. The van der Waals surface area contributed by atoms with Crippen molar-refractivity contribution < 1.29 is 24.2 Å². The van der Waals surface area contributed by atoms with Crippen molar-refractivity contribution in [2.75, 3.05) is 18.1 Å². The first-order valence-electron chi connectivity index (χ1n) is 15.7. The van der Waals surface area contributed by atoms with Gasteiger partial charge in [0.15, 0.2) is 15.8 Å². The zero-order valence-electron chi connectivity index (χ0n) is 26.2. The van der Waals surface area contributed by atoms with Gasteiger partial charge in [0.2, 0.25) is 5.13 Å². The van der Waals surface area contributed by atoms with Crippen LogP contribution in [-0.2, 0) is 15.3 Å².